The number of nitrogens with zero attached hydrogens (tertiary/aromatic N) is 3. The average molecular weight is 422 g/mol. The van der Waals surface area contributed by atoms with Crippen LogP contribution in [0.5, 0.6) is 0 Å². The summed E-state index contributed by atoms with van der Waals surface area (Å²) < 4.78 is 38.6. The predicted octanol–water partition coefficient (Wildman–Crippen LogP) is 3.02. The Kier molecular flexibility index (Phi) is 6.59. The monoisotopic (exact) mass is 421 g/mol. The van der Waals surface area contributed by atoms with Gasteiger partial charge in [0, 0.05) is 26.2 Å². The molecular weight excluding hydrogens is 394 g/mol. The van der Waals surface area contributed by atoms with E-state index in [-0.39, 0.29) is 29.0 Å². The molecule has 0 saturated carbocycles. The van der Waals surface area contributed by atoms with Crippen molar-refractivity contribution < 1.29 is 22.2 Å². The first-order chi connectivity index (χ1) is 13.9. The van der Waals surface area contributed by atoms with Gasteiger partial charge in [0.2, 0.25) is 15.9 Å². The Morgan fingerprint density at radius 3 is 2.76 bits per heavy atom. The molecule has 1 aliphatic rings. The number of sulfonamides is 1. The summed E-state index contributed by atoms with van der Waals surface area (Å²) in [6.45, 7) is 7.23. The molecule has 8 nitrogen and oxygen atoms in total. The third kappa shape index (κ3) is 4.45. The van der Waals surface area contributed by atoms with Crippen molar-refractivity contribution >= 4 is 28.1 Å². The molecule has 1 saturated heterocycles. The van der Waals surface area contributed by atoms with Crippen LogP contribution in [0.15, 0.2) is 32.2 Å². The van der Waals surface area contributed by atoms with Crippen LogP contribution in [0.2, 0.25) is 0 Å². The van der Waals surface area contributed by atoms with Crippen molar-refractivity contribution in [2.45, 2.75) is 38.5 Å². The minimum atomic E-state index is -3.85. The summed E-state index contributed by atoms with van der Waals surface area (Å²) in [7, 11) is -3.85. The molecule has 9 heteroatoms. The number of hydrogen-bond acceptors (Lipinski definition) is 6. The molecule has 29 heavy (non-hydrogen) atoms. The van der Waals surface area contributed by atoms with E-state index in [2.05, 4.69) is 5.16 Å². The Hall–Kier alpha value is -2.39. The molecule has 2 aromatic heterocycles. The van der Waals surface area contributed by atoms with E-state index in [1.165, 1.54) is 16.6 Å². The van der Waals surface area contributed by atoms with E-state index in [4.69, 9.17) is 8.94 Å². The molecule has 2 aromatic rings. The third-order valence-electron chi connectivity index (χ3n) is 5.18. The van der Waals surface area contributed by atoms with Crippen LogP contribution in [0.25, 0.3) is 12.2 Å². The summed E-state index contributed by atoms with van der Waals surface area (Å²) in [6.07, 6.45) is 6.02. The second-order valence-corrected chi connectivity index (χ2v) is 8.90. The van der Waals surface area contributed by atoms with Gasteiger partial charge >= 0.3 is 0 Å². The molecule has 0 radical (unpaired) electrons. The third-order valence-corrected chi connectivity index (χ3v) is 7.21. The van der Waals surface area contributed by atoms with Crippen LogP contribution < -0.4 is 0 Å². The highest BCUT2D eigenvalue weighted by Crippen LogP contribution is 2.29. The van der Waals surface area contributed by atoms with Crippen LogP contribution in [-0.4, -0.2) is 54.9 Å². The lowest BCUT2D eigenvalue weighted by Crippen LogP contribution is -2.46. The van der Waals surface area contributed by atoms with Crippen LogP contribution in [0.1, 0.15) is 43.9 Å². The lowest BCUT2D eigenvalue weighted by Gasteiger charge is -2.33. The molecule has 1 amide bonds. The second kappa shape index (κ2) is 8.96. The Morgan fingerprint density at radius 1 is 1.34 bits per heavy atom. The normalized spacial score (nSPS) is 18.4. The SMILES string of the molecule is CCN(CC)C(=O)[C@@H]1CCCN(S(=O)(=O)c2c(C)noc2/C=C/c2ccco2)C1. The van der Waals surface area contributed by atoms with Gasteiger partial charge in [0.1, 0.15) is 11.5 Å². The van der Waals surface area contributed by atoms with Crippen molar-refractivity contribution in [3.63, 3.8) is 0 Å². The van der Waals surface area contributed by atoms with Gasteiger partial charge in [-0.3, -0.25) is 4.79 Å². The number of carbonyl (C=O) groups is 1. The molecule has 0 N–H and O–H groups in total. The zero-order chi connectivity index (χ0) is 21.0. The van der Waals surface area contributed by atoms with Gasteiger partial charge in [0.25, 0.3) is 0 Å². The van der Waals surface area contributed by atoms with E-state index in [9.17, 15) is 13.2 Å². The summed E-state index contributed by atoms with van der Waals surface area (Å²) in [4.78, 5) is 14.5. The largest absolute Gasteiger partial charge is 0.465 e. The van der Waals surface area contributed by atoms with Crippen molar-refractivity contribution in [3.05, 3.63) is 35.6 Å². The van der Waals surface area contributed by atoms with Crippen LogP contribution >= 0.6 is 0 Å². The number of aryl methyl sites for hydroxylation is 1. The van der Waals surface area contributed by atoms with Gasteiger partial charge in [0.05, 0.1) is 12.2 Å². The summed E-state index contributed by atoms with van der Waals surface area (Å²) in [6, 6.07) is 3.49. The van der Waals surface area contributed by atoms with Crippen LogP contribution in [0, 0.1) is 12.8 Å². The van der Waals surface area contributed by atoms with Crippen molar-refractivity contribution in [1.29, 1.82) is 0 Å². The molecule has 1 atom stereocenters. The maximum absolute atomic E-state index is 13.4. The van der Waals surface area contributed by atoms with Gasteiger partial charge < -0.3 is 13.8 Å². The van der Waals surface area contributed by atoms with E-state index in [1.807, 2.05) is 13.8 Å². The van der Waals surface area contributed by atoms with E-state index in [1.54, 1.807) is 30.0 Å². The van der Waals surface area contributed by atoms with E-state index >= 15 is 0 Å². The lowest BCUT2D eigenvalue weighted by atomic mass is 9.98. The van der Waals surface area contributed by atoms with Gasteiger partial charge in [-0.2, -0.15) is 4.31 Å². The number of furan rings is 1. The van der Waals surface area contributed by atoms with Gasteiger partial charge in [-0.1, -0.05) is 5.16 Å². The summed E-state index contributed by atoms with van der Waals surface area (Å²) in [5, 5.41) is 3.85. The Morgan fingerprint density at radius 2 is 2.10 bits per heavy atom. The number of carbonyl (C=O) groups excluding carboxylic acids is 1. The van der Waals surface area contributed by atoms with Gasteiger partial charge in [-0.25, -0.2) is 8.42 Å². The molecule has 0 bridgehead atoms. The fourth-order valence-electron chi connectivity index (χ4n) is 3.63. The van der Waals surface area contributed by atoms with Crippen LogP contribution in [-0.2, 0) is 14.8 Å². The van der Waals surface area contributed by atoms with Crippen molar-refractivity contribution in [2.24, 2.45) is 5.92 Å². The Balaban J connectivity index is 1.85. The van der Waals surface area contributed by atoms with Gasteiger partial charge in [-0.05, 0) is 57.9 Å². The van der Waals surface area contributed by atoms with Crippen molar-refractivity contribution in [3.8, 4) is 0 Å². The number of rotatable bonds is 7. The summed E-state index contributed by atoms with van der Waals surface area (Å²) >= 11 is 0. The van der Waals surface area contributed by atoms with Crippen molar-refractivity contribution in [1.82, 2.24) is 14.4 Å². The number of amides is 1. The topological polar surface area (TPSA) is 96.9 Å². The van der Waals surface area contributed by atoms with E-state index < -0.39 is 10.0 Å². The molecule has 3 heterocycles. The van der Waals surface area contributed by atoms with Crippen LogP contribution in [0.3, 0.4) is 0 Å². The minimum Gasteiger partial charge on any atom is -0.465 e. The maximum Gasteiger partial charge on any atom is 0.248 e. The molecule has 1 aliphatic heterocycles. The predicted molar refractivity (Wildman–Crippen MR) is 108 cm³/mol. The molecule has 0 spiro atoms. The molecular formula is C20H27N3O5S. The molecule has 0 aromatic carbocycles. The first-order valence-corrected chi connectivity index (χ1v) is 11.3. The Bertz CT molecular complexity index is 958. The second-order valence-electron chi connectivity index (χ2n) is 7.02. The number of hydrogen-bond donors (Lipinski definition) is 0. The molecule has 158 valence electrons. The zero-order valence-corrected chi connectivity index (χ0v) is 17.8. The zero-order valence-electron chi connectivity index (χ0n) is 17.0. The first-order valence-electron chi connectivity index (χ1n) is 9.85. The van der Waals surface area contributed by atoms with Gasteiger partial charge in [0.15, 0.2) is 10.7 Å². The minimum absolute atomic E-state index is 0.00915. The molecule has 1 fully saturated rings. The fourth-order valence-corrected chi connectivity index (χ4v) is 5.40. The van der Waals surface area contributed by atoms with Gasteiger partial charge in [-0.15, -0.1) is 0 Å². The van der Waals surface area contributed by atoms with Crippen LogP contribution in [0.4, 0.5) is 0 Å². The molecule has 3 rings (SSSR count). The highest BCUT2D eigenvalue weighted by molar-refractivity contribution is 7.89. The number of piperidine rings is 1. The lowest BCUT2D eigenvalue weighted by molar-refractivity contribution is -0.136. The Labute approximate surface area is 171 Å². The number of aromatic nitrogens is 1. The smallest absolute Gasteiger partial charge is 0.248 e. The first kappa shape index (κ1) is 21.3. The molecule has 0 unspecified atom stereocenters. The highest BCUT2D eigenvalue weighted by Gasteiger charge is 2.37. The quantitative estimate of drug-likeness (QED) is 0.682. The van der Waals surface area contributed by atoms with E-state index in [0.717, 1.165) is 0 Å². The highest BCUT2D eigenvalue weighted by atomic mass is 32.2. The summed E-state index contributed by atoms with van der Waals surface area (Å²) in [5.41, 5.74) is 0.293. The summed E-state index contributed by atoms with van der Waals surface area (Å²) in [5.74, 6) is 0.400. The van der Waals surface area contributed by atoms with Crippen molar-refractivity contribution in [2.75, 3.05) is 26.2 Å². The average Bonchev–Trinajstić information content (AvgIpc) is 3.37. The molecule has 0 aliphatic carbocycles. The fraction of sp³-hybridized carbons (Fsp3) is 0.500. The maximum atomic E-state index is 13.4. The standard InChI is InChI=1S/C20H27N3O5S/c1-4-22(5-2)20(24)16-8-6-12-23(14-16)29(25,26)19-15(3)21-28-18(19)11-10-17-9-7-13-27-17/h7,9-11,13,16H,4-6,8,12,14H2,1-3H3/b11-10+/t16-/m1/s1. The van der Waals surface area contributed by atoms with E-state index in [0.29, 0.717) is 43.9 Å².